The van der Waals surface area contributed by atoms with Gasteiger partial charge in [-0.3, -0.25) is 0 Å². The van der Waals surface area contributed by atoms with Crippen molar-refractivity contribution in [1.29, 1.82) is 0 Å². The summed E-state index contributed by atoms with van der Waals surface area (Å²) in [5.41, 5.74) is 3.74. The minimum Gasteiger partial charge on any atom is -0.459 e. The number of nitrogens with one attached hydrogen (secondary N) is 2. The molecule has 4 heterocycles. The first-order chi connectivity index (χ1) is 18.6. The molecule has 0 bridgehead atoms. The molecule has 0 amide bonds. The van der Waals surface area contributed by atoms with Crippen molar-refractivity contribution in [2.75, 3.05) is 28.2 Å². The number of furan rings is 1. The maximum atomic E-state index is 6.00. The molecule has 4 aromatic rings. The van der Waals surface area contributed by atoms with E-state index in [0.29, 0.717) is 23.5 Å². The number of fused-ring (bicyclic) bond motifs is 1. The van der Waals surface area contributed by atoms with Crippen molar-refractivity contribution in [3.05, 3.63) is 89.7 Å². The molecule has 0 aliphatic carbocycles. The fourth-order valence-electron chi connectivity index (χ4n) is 5.24. The van der Waals surface area contributed by atoms with Gasteiger partial charge in [-0.1, -0.05) is 61.5 Å². The fourth-order valence-corrected chi connectivity index (χ4v) is 5.40. The average Bonchev–Trinajstić information content (AvgIpc) is 3.60. The number of aromatic nitrogens is 2. The summed E-state index contributed by atoms with van der Waals surface area (Å²) in [6.07, 6.45) is 2.43. The number of benzene rings is 2. The largest absolute Gasteiger partial charge is 0.459 e. The Bertz CT molecular complexity index is 1400. The molecular weight excluding hydrogens is 492 g/mol. The first-order valence-corrected chi connectivity index (χ1v) is 13.7. The van der Waals surface area contributed by atoms with Crippen molar-refractivity contribution < 1.29 is 4.42 Å². The molecule has 38 heavy (non-hydrogen) atoms. The Kier molecular flexibility index (Phi) is 6.96. The summed E-state index contributed by atoms with van der Waals surface area (Å²) in [7, 11) is 0. The zero-order valence-corrected chi connectivity index (χ0v) is 22.4. The van der Waals surface area contributed by atoms with Crippen LogP contribution in [0.4, 0.5) is 17.6 Å². The molecule has 1 saturated heterocycles. The van der Waals surface area contributed by atoms with Crippen LogP contribution in [-0.4, -0.2) is 28.2 Å². The Labute approximate surface area is 228 Å². The van der Waals surface area contributed by atoms with Gasteiger partial charge in [-0.25, -0.2) is 0 Å². The molecule has 2 aromatic heterocycles. The molecular formula is C30H32N6OS. The van der Waals surface area contributed by atoms with Gasteiger partial charge in [0.15, 0.2) is 5.11 Å². The molecule has 0 spiro atoms. The van der Waals surface area contributed by atoms with E-state index in [2.05, 4.69) is 57.7 Å². The number of nitrogens with zero attached hydrogens (tertiary/aromatic N) is 4. The lowest BCUT2D eigenvalue weighted by Crippen LogP contribution is -2.35. The summed E-state index contributed by atoms with van der Waals surface area (Å²) in [4.78, 5) is 14.4. The van der Waals surface area contributed by atoms with E-state index >= 15 is 0 Å². The number of rotatable bonds is 6. The predicted molar refractivity (Wildman–Crippen MR) is 156 cm³/mol. The zero-order valence-electron chi connectivity index (χ0n) is 21.6. The van der Waals surface area contributed by atoms with Gasteiger partial charge in [0.25, 0.3) is 0 Å². The van der Waals surface area contributed by atoms with Crippen LogP contribution in [0.3, 0.4) is 0 Å². The van der Waals surface area contributed by atoms with Crippen LogP contribution in [0.5, 0.6) is 0 Å². The third kappa shape index (κ3) is 5.50. The van der Waals surface area contributed by atoms with E-state index < -0.39 is 0 Å². The van der Waals surface area contributed by atoms with Crippen molar-refractivity contribution in [2.24, 2.45) is 5.92 Å². The third-order valence-electron chi connectivity index (χ3n) is 7.21. The summed E-state index contributed by atoms with van der Waals surface area (Å²) in [5.74, 6) is 4.65. The van der Waals surface area contributed by atoms with Crippen molar-refractivity contribution in [3.63, 3.8) is 0 Å². The van der Waals surface area contributed by atoms with Gasteiger partial charge in [0.05, 0.1) is 6.54 Å². The quantitative estimate of drug-likeness (QED) is 0.299. The van der Waals surface area contributed by atoms with Crippen LogP contribution < -0.4 is 20.4 Å². The second-order valence-corrected chi connectivity index (χ2v) is 10.6. The smallest absolute Gasteiger partial charge is 0.232 e. The maximum absolute atomic E-state index is 6.00. The monoisotopic (exact) mass is 524 g/mol. The predicted octanol–water partition coefficient (Wildman–Crippen LogP) is 5.98. The molecule has 0 radical (unpaired) electrons. The zero-order chi connectivity index (χ0) is 25.9. The van der Waals surface area contributed by atoms with Crippen LogP contribution in [0.25, 0.3) is 11.3 Å². The lowest BCUT2D eigenvalue weighted by molar-refractivity contribution is 0.444. The Hall–Kier alpha value is -3.91. The van der Waals surface area contributed by atoms with E-state index in [0.717, 1.165) is 54.9 Å². The van der Waals surface area contributed by atoms with Crippen molar-refractivity contribution >= 4 is 34.9 Å². The summed E-state index contributed by atoms with van der Waals surface area (Å²) in [6, 6.07) is 24.7. The molecule has 7 nitrogen and oxygen atoms in total. The standard InChI is InChI=1S/C30H32N6OS/c1-21-8-7-15-35(18-21)27-16-28(36-19-23-11-5-6-12-24(23)20-36)33-29(32-27)34-30(38)31-17-25-13-14-26(37-25)22-9-3-2-4-10-22/h2-6,9-14,16,21H,7-8,15,17-20H2,1H3,(H2,31,32,33,34,38)/t21-/m0/s1. The normalized spacial score (nSPS) is 16.8. The highest BCUT2D eigenvalue weighted by Crippen LogP contribution is 2.31. The summed E-state index contributed by atoms with van der Waals surface area (Å²) < 4.78 is 6.00. The highest BCUT2D eigenvalue weighted by atomic mass is 32.1. The van der Waals surface area contributed by atoms with Gasteiger partial charge in [-0.15, -0.1) is 0 Å². The molecule has 6 rings (SSSR count). The third-order valence-corrected chi connectivity index (χ3v) is 7.46. The number of hydrogen-bond donors (Lipinski definition) is 2. The maximum Gasteiger partial charge on any atom is 0.232 e. The first-order valence-electron chi connectivity index (χ1n) is 13.3. The summed E-state index contributed by atoms with van der Waals surface area (Å²) >= 11 is 5.62. The van der Waals surface area contributed by atoms with E-state index in [-0.39, 0.29) is 0 Å². The number of anilines is 3. The van der Waals surface area contributed by atoms with Crippen molar-refractivity contribution in [2.45, 2.75) is 39.4 Å². The molecule has 2 aliphatic heterocycles. The number of piperidine rings is 1. The van der Waals surface area contributed by atoms with Crippen LogP contribution in [0.1, 0.15) is 36.7 Å². The van der Waals surface area contributed by atoms with E-state index in [1.165, 1.54) is 24.0 Å². The van der Waals surface area contributed by atoms with Crippen LogP contribution in [-0.2, 0) is 19.6 Å². The van der Waals surface area contributed by atoms with E-state index in [9.17, 15) is 0 Å². The lowest BCUT2D eigenvalue weighted by atomic mass is 10.0. The summed E-state index contributed by atoms with van der Waals surface area (Å²) in [5, 5.41) is 6.93. The second-order valence-electron chi connectivity index (χ2n) is 10.2. The molecule has 2 N–H and O–H groups in total. The van der Waals surface area contributed by atoms with Crippen LogP contribution >= 0.6 is 12.2 Å². The van der Waals surface area contributed by atoms with Crippen molar-refractivity contribution in [3.8, 4) is 11.3 Å². The highest BCUT2D eigenvalue weighted by Gasteiger charge is 2.24. The molecule has 0 unspecified atom stereocenters. The van der Waals surface area contributed by atoms with Crippen LogP contribution in [0.15, 0.2) is 77.2 Å². The molecule has 1 fully saturated rings. The molecule has 2 aliphatic rings. The Balaban J connectivity index is 1.17. The van der Waals surface area contributed by atoms with Gasteiger partial charge < -0.3 is 24.9 Å². The molecule has 2 aromatic carbocycles. The van der Waals surface area contributed by atoms with E-state index in [1.807, 2.05) is 42.5 Å². The van der Waals surface area contributed by atoms with Gasteiger partial charge >= 0.3 is 0 Å². The lowest BCUT2D eigenvalue weighted by Gasteiger charge is -2.32. The van der Waals surface area contributed by atoms with Gasteiger partial charge in [0.2, 0.25) is 5.95 Å². The van der Waals surface area contributed by atoms with E-state index in [1.54, 1.807) is 0 Å². The Morgan fingerprint density at radius 3 is 2.39 bits per heavy atom. The Morgan fingerprint density at radius 2 is 1.66 bits per heavy atom. The molecule has 8 heteroatoms. The number of hydrogen-bond acceptors (Lipinski definition) is 6. The van der Waals surface area contributed by atoms with E-state index in [4.69, 9.17) is 26.6 Å². The minimum atomic E-state index is 0.461. The van der Waals surface area contributed by atoms with Gasteiger partial charge in [0, 0.05) is 37.8 Å². The topological polar surface area (TPSA) is 69.5 Å². The van der Waals surface area contributed by atoms with Gasteiger partial charge in [0.1, 0.15) is 23.2 Å². The fraction of sp³-hybridized carbons (Fsp3) is 0.300. The SMILES string of the molecule is C[C@H]1CCCN(c2cc(N3Cc4ccccc4C3)nc(NC(=S)NCc3ccc(-c4ccccc4)o3)n2)C1. The number of thiocarbonyl (C=S) groups is 1. The molecule has 0 saturated carbocycles. The molecule has 194 valence electrons. The summed E-state index contributed by atoms with van der Waals surface area (Å²) in [6.45, 7) is 6.46. The van der Waals surface area contributed by atoms with Crippen LogP contribution in [0, 0.1) is 5.92 Å². The van der Waals surface area contributed by atoms with Gasteiger partial charge in [-0.05, 0) is 54.2 Å². The van der Waals surface area contributed by atoms with Crippen molar-refractivity contribution in [1.82, 2.24) is 15.3 Å². The average molecular weight is 525 g/mol. The molecule has 1 atom stereocenters. The Morgan fingerprint density at radius 1 is 0.947 bits per heavy atom. The first kappa shape index (κ1) is 24.4. The van der Waals surface area contributed by atoms with Crippen LogP contribution in [0.2, 0.25) is 0 Å². The minimum absolute atomic E-state index is 0.461. The highest BCUT2D eigenvalue weighted by molar-refractivity contribution is 7.80. The van der Waals surface area contributed by atoms with Gasteiger partial charge in [-0.2, -0.15) is 9.97 Å². The second kappa shape index (κ2) is 10.8.